The smallest absolute Gasteiger partial charge is 0.292 e. The van der Waals surface area contributed by atoms with Gasteiger partial charge in [-0.3, -0.25) is 14.9 Å². The molecule has 2 N–H and O–H groups in total. The zero-order valence-electron chi connectivity index (χ0n) is 11.3. The van der Waals surface area contributed by atoms with Crippen LogP contribution in [0, 0.1) is 10.1 Å². The monoisotopic (exact) mass is 293 g/mol. The molecule has 1 saturated heterocycles. The van der Waals surface area contributed by atoms with E-state index >= 15 is 0 Å². The topological polar surface area (TPSA) is 103 Å². The molecule has 8 nitrogen and oxygen atoms in total. The van der Waals surface area contributed by atoms with E-state index < -0.39 is 4.92 Å². The first kappa shape index (κ1) is 13.8. The van der Waals surface area contributed by atoms with Crippen LogP contribution in [0.15, 0.2) is 12.1 Å². The van der Waals surface area contributed by atoms with Crippen LogP contribution in [-0.2, 0) is 20.7 Å². The summed E-state index contributed by atoms with van der Waals surface area (Å²) in [5, 5.41) is 16.9. The molecule has 21 heavy (non-hydrogen) atoms. The summed E-state index contributed by atoms with van der Waals surface area (Å²) in [4.78, 5) is 22.1. The van der Waals surface area contributed by atoms with Gasteiger partial charge in [-0.05, 0) is 11.6 Å². The van der Waals surface area contributed by atoms with E-state index in [4.69, 9.17) is 9.47 Å². The average Bonchev–Trinajstić information content (AvgIpc) is 2.84. The minimum absolute atomic E-state index is 0.0398. The first-order chi connectivity index (χ1) is 10.1. The molecular formula is C13H15N3O5. The molecule has 0 spiro atoms. The SMILES string of the molecule is O=C1Cc2cc([N+](=O)[O-])c(NCC3COCCO3)cc2N1. The molecule has 0 aliphatic carbocycles. The molecule has 1 aromatic rings. The van der Waals surface area contributed by atoms with Crippen molar-refractivity contribution in [3.8, 4) is 0 Å². The summed E-state index contributed by atoms with van der Waals surface area (Å²) in [7, 11) is 0. The molecule has 0 aromatic heterocycles. The molecule has 1 aromatic carbocycles. The average molecular weight is 293 g/mol. The fraction of sp³-hybridized carbons (Fsp3) is 0.462. The highest BCUT2D eigenvalue weighted by molar-refractivity contribution is 6.00. The molecule has 0 bridgehead atoms. The summed E-state index contributed by atoms with van der Waals surface area (Å²) in [6.07, 6.45) is 0.0388. The molecule has 8 heteroatoms. The Morgan fingerprint density at radius 3 is 3.00 bits per heavy atom. The highest BCUT2D eigenvalue weighted by Crippen LogP contribution is 2.34. The van der Waals surface area contributed by atoms with Gasteiger partial charge in [0.2, 0.25) is 5.91 Å². The van der Waals surface area contributed by atoms with E-state index in [1.807, 2.05) is 0 Å². The van der Waals surface area contributed by atoms with Gasteiger partial charge >= 0.3 is 0 Å². The van der Waals surface area contributed by atoms with Crippen molar-refractivity contribution in [3.63, 3.8) is 0 Å². The van der Waals surface area contributed by atoms with Crippen molar-refractivity contribution in [3.05, 3.63) is 27.8 Å². The van der Waals surface area contributed by atoms with Gasteiger partial charge in [-0.2, -0.15) is 0 Å². The number of nitrogens with zero attached hydrogens (tertiary/aromatic N) is 1. The minimum Gasteiger partial charge on any atom is -0.377 e. The number of carbonyl (C=O) groups is 1. The van der Waals surface area contributed by atoms with Gasteiger partial charge in [-0.15, -0.1) is 0 Å². The molecule has 1 atom stereocenters. The first-order valence-corrected chi connectivity index (χ1v) is 6.68. The second kappa shape index (κ2) is 5.66. The molecule has 1 unspecified atom stereocenters. The maximum Gasteiger partial charge on any atom is 0.292 e. The highest BCUT2D eigenvalue weighted by Gasteiger charge is 2.25. The van der Waals surface area contributed by atoms with Crippen molar-refractivity contribution in [2.75, 3.05) is 37.0 Å². The lowest BCUT2D eigenvalue weighted by molar-refractivity contribution is -0.384. The van der Waals surface area contributed by atoms with Crippen LogP contribution < -0.4 is 10.6 Å². The number of ether oxygens (including phenoxy) is 2. The third-order valence-corrected chi connectivity index (χ3v) is 3.45. The standard InChI is InChI=1S/C13H15N3O5/c17-13-4-8-3-12(16(18)19)11(5-10(8)15-13)14-6-9-7-20-1-2-21-9/h3,5,9,14H,1-2,4,6-7H2,(H,15,17). The van der Waals surface area contributed by atoms with Gasteiger partial charge in [0, 0.05) is 18.3 Å². The summed E-state index contributed by atoms with van der Waals surface area (Å²) in [6, 6.07) is 3.04. The lowest BCUT2D eigenvalue weighted by Crippen LogP contribution is -2.34. The van der Waals surface area contributed by atoms with Gasteiger partial charge in [-0.1, -0.05) is 0 Å². The summed E-state index contributed by atoms with van der Waals surface area (Å²) in [5.74, 6) is -0.152. The molecular weight excluding hydrogens is 278 g/mol. The van der Waals surface area contributed by atoms with Crippen LogP contribution in [0.25, 0.3) is 0 Å². The van der Waals surface area contributed by atoms with Crippen molar-refractivity contribution in [2.45, 2.75) is 12.5 Å². The predicted octanol–water partition coefficient (Wildman–Crippen LogP) is 0.917. The van der Waals surface area contributed by atoms with E-state index in [0.29, 0.717) is 43.3 Å². The Morgan fingerprint density at radius 1 is 1.43 bits per heavy atom. The summed E-state index contributed by atoms with van der Waals surface area (Å²) in [6.45, 7) is 1.96. The van der Waals surface area contributed by atoms with Crippen molar-refractivity contribution in [2.24, 2.45) is 0 Å². The van der Waals surface area contributed by atoms with Crippen molar-refractivity contribution >= 4 is 23.0 Å². The van der Waals surface area contributed by atoms with Crippen molar-refractivity contribution < 1.29 is 19.2 Å². The van der Waals surface area contributed by atoms with Crippen LogP contribution in [0.5, 0.6) is 0 Å². The number of anilines is 2. The fourth-order valence-electron chi connectivity index (χ4n) is 2.43. The number of amides is 1. The second-order valence-electron chi connectivity index (χ2n) is 4.96. The minimum atomic E-state index is -0.455. The number of benzene rings is 1. The van der Waals surface area contributed by atoms with E-state index in [2.05, 4.69) is 10.6 Å². The maximum absolute atomic E-state index is 11.4. The molecule has 1 fully saturated rings. The lowest BCUT2D eigenvalue weighted by Gasteiger charge is -2.23. The van der Waals surface area contributed by atoms with Gasteiger partial charge < -0.3 is 20.1 Å². The Balaban J connectivity index is 1.78. The normalized spacial score (nSPS) is 20.8. The predicted molar refractivity (Wildman–Crippen MR) is 74.5 cm³/mol. The summed E-state index contributed by atoms with van der Waals surface area (Å²) < 4.78 is 10.8. The van der Waals surface area contributed by atoms with Gasteiger partial charge in [-0.25, -0.2) is 0 Å². The van der Waals surface area contributed by atoms with Crippen LogP contribution in [-0.4, -0.2) is 43.3 Å². The number of nitro groups is 1. The Bertz CT molecular complexity index is 583. The van der Waals surface area contributed by atoms with Crippen molar-refractivity contribution in [1.29, 1.82) is 0 Å². The van der Waals surface area contributed by atoms with Gasteiger partial charge in [0.05, 0.1) is 37.3 Å². The number of carbonyl (C=O) groups excluding carboxylic acids is 1. The summed E-state index contributed by atoms with van der Waals surface area (Å²) in [5.41, 5.74) is 1.60. The van der Waals surface area contributed by atoms with E-state index in [1.54, 1.807) is 6.07 Å². The van der Waals surface area contributed by atoms with E-state index in [9.17, 15) is 14.9 Å². The first-order valence-electron chi connectivity index (χ1n) is 6.68. The Kier molecular flexibility index (Phi) is 3.72. The van der Waals surface area contributed by atoms with Crippen LogP contribution in [0.4, 0.5) is 17.1 Å². The molecule has 2 aliphatic rings. The molecule has 2 aliphatic heterocycles. The number of nitrogens with one attached hydrogen (secondary N) is 2. The van der Waals surface area contributed by atoms with Crippen LogP contribution in [0.1, 0.15) is 5.56 Å². The molecule has 2 heterocycles. The molecule has 0 saturated carbocycles. The third-order valence-electron chi connectivity index (χ3n) is 3.45. The van der Waals surface area contributed by atoms with Crippen LogP contribution in [0.2, 0.25) is 0 Å². The van der Waals surface area contributed by atoms with E-state index in [1.165, 1.54) is 6.07 Å². The number of hydrogen-bond acceptors (Lipinski definition) is 6. The Labute approximate surface area is 120 Å². The third kappa shape index (κ3) is 2.96. The molecule has 0 radical (unpaired) electrons. The largest absolute Gasteiger partial charge is 0.377 e. The highest BCUT2D eigenvalue weighted by atomic mass is 16.6. The number of fused-ring (bicyclic) bond motifs is 1. The number of rotatable bonds is 4. The molecule has 3 rings (SSSR count). The summed E-state index contributed by atoms with van der Waals surface area (Å²) >= 11 is 0. The molecule has 112 valence electrons. The maximum atomic E-state index is 11.4. The Morgan fingerprint density at radius 2 is 2.29 bits per heavy atom. The number of nitro benzene ring substituents is 1. The fourth-order valence-corrected chi connectivity index (χ4v) is 2.43. The second-order valence-corrected chi connectivity index (χ2v) is 4.96. The van der Waals surface area contributed by atoms with Gasteiger partial charge in [0.25, 0.3) is 5.69 Å². The van der Waals surface area contributed by atoms with E-state index in [-0.39, 0.29) is 24.1 Å². The van der Waals surface area contributed by atoms with Crippen LogP contribution in [0.3, 0.4) is 0 Å². The number of hydrogen-bond donors (Lipinski definition) is 2. The van der Waals surface area contributed by atoms with Gasteiger partial charge in [0.15, 0.2) is 0 Å². The molecule has 1 amide bonds. The zero-order chi connectivity index (χ0) is 14.8. The Hall–Kier alpha value is -2.19. The zero-order valence-corrected chi connectivity index (χ0v) is 11.3. The van der Waals surface area contributed by atoms with Crippen LogP contribution >= 0.6 is 0 Å². The van der Waals surface area contributed by atoms with Gasteiger partial charge in [0.1, 0.15) is 5.69 Å². The van der Waals surface area contributed by atoms with Crippen molar-refractivity contribution in [1.82, 2.24) is 0 Å². The quantitative estimate of drug-likeness (QED) is 0.632. The lowest BCUT2D eigenvalue weighted by atomic mass is 10.1. The van der Waals surface area contributed by atoms with E-state index in [0.717, 1.165) is 0 Å².